The summed E-state index contributed by atoms with van der Waals surface area (Å²) in [6.45, 7) is 0. The topological polar surface area (TPSA) is 27.6 Å². The van der Waals surface area contributed by atoms with Crippen molar-refractivity contribution in [3.63, 3.8) is 0 Å². The van der Waals surface area contributed by atoms with E-state index in [0.29, 0.717) is 0 Å². The predicted octanol–water partition coefficient (Wildman–Crippen LogP) is 14.4. The monoisotopic (exact) mass is 755 g/mol. The van der Waals surface area contributed by atoms with Gasteiger partial charge in [-0.3, -0.25) is 0 Å². The second-order valence-corrected chi connectivity index (χ2v) is 14.9. The van der Waals surface area contributed by atoms with E-state index in [-0.39, 0.29) is 6.04 Å². The average molecular weight is 756 g/mol. The second-order valence-electron chi connectivity index (χ2n) is 14.9. The summed E-state index contributed by atoms with van der Waals surface area (Å²) in [5, 5.41) is 6.14. The Morgan fingerprint density at radius 2 is 0.780 bits per heavy atom. The van der Waals surface area contributed by atoms with E-state index in [9.17, 15) is 0 Å². The highest BCUT2D eigenvalue weighted by molar-refractivity contribution is 6.04. The Morgan fingerprint density at radius 3 is 1.34 bits per heavy atom. The van der Waals surface area contributed by atoms with Gasteiger partial charge in [0.05, 0.1) is 17.4 Å². The fraction of sp³-hybridized carbons (Fsp3) is 0.0179. The number of rotatable bonds is 9. The molecule has 1 atom stereocenters. The Labute approximate surface area is 345 Å². The number of benzene rings is 9. The van der Waals surface area contributed by atoms with Gasteiger partial charge in [-0.05, 0) is 86.3 Å². The summed E-state index contributed by atoms with van der Waals surface area (Å²) in [6, 6.07) is 82.0. The zero-order valence-electron chi connectivity index (χ0n) is 32.5. The largest absolute Gasteiger partial charge is 0.359 e. The number of fused-ring (bicyclic) bond motifs is 1. The van der Waals surface area contributed by atoms with Gasteiger partial charge in [0.2, 0.25) is 0 Å². The van der Waals surface area contributed by atoms with Gasteiger partial charge in [0, 0.05) is 22.3 Å². The Bertz CT molecular complexity index is 2890. The van der Waals surface area contributed by atoms with E-state index >= 15 is 0 Å². The number of nitrogens with one attached hydrogen (secondary N) is 1. The summed E-state index contributed by atoms with van der Waals surface area (Å²) in [4.78, 5) is 7.56. The van der Waals surface area contributed by atoms with E-state index in [0.717, 1.165) is 50.8 Å². The minimum Gasteiger partial charge on any atom is -0.359 e. The Hall–Kier alpha value is -7.75. The van der Waals surface area contributed by atoms with Gasteiger partial charge in [-0.2, -0.15) is 0 Å². The zero-order valence-corrected chi connectivity index (χ0v) is 32.5. The van der Waals surface area contributed by atoms with Crippen molar-refractivity contribution in [2.24, 2.45) is 4.99 Å². The van der Waals surface area contributed by atoms with Crippen molar-refractivity contribution >= 4 is 39.4 Å². The lowest BCUT2D eigenvalue weighted by molar-refractivity contribution is 0.781. The predicted molar refractivity (Wildman–Crippen MR) is 248 cm³/mol. The maximum atomic E-state index is 5.20. The maximum Gasteiger partial charge on any atom is 0.134 e. The molecule has 3 heteroatoms. The van der Waals surface area contributed by atoms with E-state index in [2.05, 4.69) is 247 Å². The molecule has 0 saturated heterocycles. The first kappa shape index (κ1) is 35.6. The molecule has 280 valence electrons. The average Bonchev–Trinajstić information content (AvgIpc) is 3.33. The maximum absolute atomic E-state index is 5.20. The summed E-state index contributed by atoms with van der Waals surface area (Å²) < 4.78 is 0. The lowest BCUT2D eigenvalue weighted by atomic mass is 9.98. The molecule has 1 unspecified atom stereocenters. The first-order valence-electron chi connectivity index (χ1n) is 20.2. The van der Waals surface area contributed by atoms with Crippen LogP contribution in [0.25, 0.3) is 49.9 Å². The molecule has 9 aromatic rings. The molecule has 59 heavy (non-hydrogen) atoms. The summed E-state index contributed by atoms with van der Waals surface area (Å²) in [7, 11) is 0. The standard InChI is InChI=1S/C56H41N3/c1-4-13-40(14-5-1)42-23-27-48(28-24-42)54-39-53(47-18-8-3-9-19-47)57-56(58-54)49-29-25-43(26-30-49)45-33-37-51(38-34-45)59(55-22-12-20-46-17-10-11-21-52(46)55)50-35-31-44(32-36-50)41-15-6-2-7-16-41/h1-39,53H,(H,57,58). The molecule has 0 radical (unpaired) electrons. The highest BCUT2D eigenvalue weighted by Gasteiger charge is 2.20. The highest BCUT2D eigenvalue weighted by atomic mass is 15.1. The van der Waals surface area contributed by atoms with Gasteiger partial charge in [0.15, 0.2) is 0 Å². The first-order chi connectivity index (χ1) is 29.2. The van der Waals surface area contributed by atoms with Gasteiger partial charge in [-0.25, -0.2) is 4.99 Å². The van der Waals surface area contributed by atoms with E-state index in [1.165, 1.54) is 38.6 Å². The molecule has 9 aromatic carbocycles. The van der Waals surface area contributed by atoms with Gasteiger partial charge >= 0.3 is 0 Å². The van der Waals surface area contributed by atoms with Gasteiger partial charge in [0.1, 0.15) is 5.84 Å². The summed E-state index contributed by atoms with van der Waals surface area (Å²) in [6.07, 6.45) is 2.23. The van der Waals surface area contributed by atoms with Gasteiger partial charge in [-0.1, -0.05) is 200 Å². The number of aliphatic imine (C=N–C) groups is 1. The van der Waals surface area contributed by atoms with Crippen LogP contribution < -0.4 is 10.2 Å². The van der Waals surface area contributed by atoms with Crippen molar-refractivity contribution in [1.82, 2.24) is 5.32 Å². The lowest BCUT2D eigenvalue weighted by Gasteiger charge is -2.27. The Kier molecular flexibility index (Phi) is 9.67. The van der Waals surface area contributed by atoms with Crippen LogP contribution >= 0.6 is 0 Å². The van der Waals surface area contributed by atoms with Crippen molar-refractivity contribution in [2.45, 2.75) is 6.04 Å². The van der Waals surface area contributed by atoms with Crippen LogP contribution in [0.4, 0.5) is 17.1 Å². The molecule has 0 bridgehead atoms. The number of hydrogen-bond donors (Lipinski definition) is 1. The SMILES string of the molecule is C1=C(c2ccc(-c3ccccc3)cc2)N=C(c2ccc(-c3ccc(N(c4ccc(-c5ccccc5)cc4)c4cccc5ccccc45)cc3)cc2)NC1c1ccccc1. The summed E-state index contributed by atoms with van der Waals surface area (Å²) in [5.74, 6) is 0.856. The lowest BCUT2D eigenvalue weighted by Crippen LogP contribution is -2.31. The molecule has 1 aliphatic rings. The van der Waals surface area contributed by atoms with E-state index in [4.69, 9.17) is 4.99 Å². The quantitative estimate of drug-likeness (QED) is 0.159. The van der Waals surface area contributed by atoms with Crippen molar-refractivity contribution < 1.29 is 0 Å². The number of amidine groups is 1. The summed E-state index contributed by atoms with van der Waals surface area (Å²) >= 11 is 0. The smallest absolute Gasteiger partial charge is 0.134 e. The second kappa shape index (κ2) is 16.0. The van der Waals surface area contributed by atoms with E-state index < -0.39 is 0 Å². The molecule has 0 aliphatic carbocycles. The molecule has 1 heterocycles. The number of hydrogen-bond acceptors (Lipinski definition) is 3. The molecule has 0 fully saturated rings. The molecular weight excluding hydrogens is 715 g/mol. The summed E-state index contributed by atoms with van der Waals surface area (Å²) in [5.41, 5.74) is 14.7. The molecule has 0 spiro atoms. The van der Waals surface area contributed by atoms with Crippen LogP contribution in [0.1, 0.15) is 22.7 Å². The van der Waals surface area contributed by atoms with Crippen molar-refractivity contribution in [3.05, 3.63) is 253 Å². The van der Waals surface area contributed by atoms with Crippen LogP contribution in [0, 0.1) is 0 Å². The molecule has 10 rings (SSSR count). The van der Waals surface area contributed by atoms with Crippen LogP contribution in [0.2, 0.25) is 0 Å². The van der Waals surface area contributed by atoms with Crippen molar-refractivity contribution in [2.75, 3.05) is 4.90 Å². The zero-order chi connectivity index (χ0) is 39.4. The van der Waals surface area contributed by atoms with Crippen molar-refractivity contribution in [1.29, 1.82) is 0 Å². The van der Waals surface area contributed by atoms with Gasteiger partial charge < -0.3 is 10.2 Å². The number of anilines is 3. The first-order valence-corrected chi connectivity index (χ1v) is 20.2. The molecule has 1 aliphatic heterocycles. The van der Waals surface area contributed by atoms with Crippen LogP contribution in [0.5, 0.6) is 0 Å². The van der Waals surface area contributed by atoms with Gasteiger partial charge in [0.25, 0.3) is 0 Å². The van der Waals surface area contributed by atoms with E-state index in [1.54, 1.807) is 0 Å². The van der Waals surface area contributed by atoms with Crippen LogP contribution in [-0.4, -0.2) is 5.84 Å². The van der Waals surface area contributed by atoms with Crippen LogP contribution in [0.3, 0.4) is 0 Å². The van der Waals surface area contributed by atoms with Crippen LogP contribution in [-0.2, 0) is 0 Å². The minimum absolute atomic E-state index is 0.0149. The Balaban J connectivity index is 0.952. The molecule has 3 nitrogen and oxygen atoms in total. The third-order valence-corrected chi connectivity index (χ3v) is 11.2. The highest BCUT2D eigenvalue weighted by Crippen LogP contribution is 2.40. The van der Waals surface area contributed by atoms with E-state index in [1.807, 2.05) is 0 Å². The molecule has 0 amide bonds. The fourth-order valence-electron chi connectivity index (χ4n) is 8.04. The van der Waals surface area contributed by atoms with Crippen molar-refractivity contribution in [3.8, 4) is 33.4 Å². The molecule has 0 aromatic heterocycles. The third kappa shape index (κ3) is 7.46. The molecular formula is C56H41N3. The third-order valence-electron chi connectivity index (χ3n) is 11.2. The molecule has 1 N–H and O–H groups in total. The molecule has 0 saturated carbocycles. The fourth-order valence-corrected chi connectivity index (χ4v) is 8.04. The van der Waals surface area contributed by atoms with Crippen LogP contribution in [0.15, 0.2) is 242 Å². The number of nitrogens with zero attached hydrogens (tertiary/aromatic N) is 2. The Morgan fingerprint density at radius 1 is 0.356 bits per heavy atom. The normalized spacial score (nSPS) is 13.6. The minimum atomic E-state index is -0.0149. The van der Waals surface area contributed by atoms with Gasteiger partial charge in [-0.15, -0.1) is 0 Å².